The summed E-state index contributed by atoms with van der Waals surface area (Å²) in [4.78, 5) is 5.21. The summed E-state index contributed by atoms with van der Waals surface area (Å²) in [6.07, 6.45) is 2.31. The number of pyridine rings is 1. The van der Waals surface area contributed by atoms with Gasteiger partial charge in [0.25, 0.3) is 5.82 Å². The van der Waals surface area contributed by atoms with E-state index >= 15 is 0 Å². The first kappa shape index (κ1) is 24.8. The highest BCUT2D eigenvalue weighted by Crippen LogP contribution is 2.64. The second kappa shape index (κ2) is 8.03. The predicted molar refractivity (Wildman–Crippen MR) is 198 cm³/mol. The van der Waals surface area contributed by atoms with Crippen molar-refractivity contribution in [1.29, 1.82) is 0 Å². The molecule has 4 aliphatic heterocycles. The van der Waals surface area contributed by atoms with Crippen LogP contribution in [0.4, 0.5) is 17.1 Å². The Morgan fingerprint density at radius 2 is 1.20 bits per heavy atom. The summed E-state index contributed by atoms with van der Waals surface area (Å²) in [6.45, 7) is 0. The van der Waals surface area contributed by atoms with E-state index in [-0.39, 0.29) is 6.17 Å². The van der Waals surface area contributed by atoms with E-state index in [4.69, 9.17) is 0 Å². The summed E-state index contributed by atoms with van der Waals surface area (Å²) in [5.74, 6) is 1.20. The SMILES string of the molecule is CN1c2cc(-c3ccccc3)ccc2N2c3cccc4c3C3(c5c6c(cc7c8ccccc8n(c57)-c5cccc[n+]53)c3ccccc3n6-4)C12. The van der Waals surface area contributed by atoms with Crippen LogP contribution in [0.15, 0.2) is 146 Å². The summed E-state index contributed by atoms with van der Waals surface area (Å²) in [6, 6.07) is 52.0. The highest BCUT2D eigenvalue weighted by Gasteiger charge is 2.68. The molecule has 2 atom stereocenters. The Kier molecular flexibility index (Phi) is 4.06. The van der Waals surface area contributed by atoms with Gasteiger partial charge in [0.2, 0.25) is 5.54 Å². The number of aromatic nitrogens is 3. The van der Waals surface area contributed by atoms with Gasteiger partial charge in [0.15, 0.2) is 11.7 Å². The molecule has 49 heavy (non-hydrogen) atoms. The fourth-order valence-corrected chi connectivity index (χ4v) is 10.4. The van der Waals surface area contributed by atoms with Gasteiger partial charge in [-0.25, -0.2) is 4.57 Å². The third kappa shape index (κ3) is 2.51. The number of fused-ring (bicyclic) bond motifs is 13. The number of nitrogens with zero attached hydrogens (tertiary/aromatic N) is 5. The number of rotatable bonds is 1. The molecule has 0 fully saturated rings. The van der Waals surface area contributed by atoms with Gasteiger partial charge >= 0.3 is 0 Å². The monoisotopic (exact) mass is 626 g/mol. The number of likely N-dealkylation sites (N-methyl/N-ethyl adjacent to an activating group) is 1. The molecule has 4 aliphatic rings. The lowest BCUT2D eigenvalue weighted by molar-refractivity contribution is -0.740. The van der Waals surface area contributed by atoms with Crippen molar-refractivity contribution in [3.05, 3.63) is 157 Å². The quantitative estimate of drug-likeness (QED) is 0.169. The molecule has 0 aliphatic carbocycles. The Morgan fingerprint density at radius 3 is 2.02 bits per heavy atom. The minimum atomic E-state index is -0.532. The second-order valence-corrected chi connectivity index (χ2v) is 14.0. The molecule has 0 saturated carbocycles. The van der Waals surface area contributed by atoms with Crippen LogP contribution in [-0.4, -0.2) is 22.3 Å². The number of para-hydroxylation sites is 2. The Bertz CT molecular complexity index is 2970. The average Bonchev–Trinajstić information content (AvgIpc) is 3.86. The van der Waals surface area contributed by atoms with Crippen LogP contribution in [0.25, 0.3) is 66.2 Å². The first-order valence-corrected chi connectivity index (χ1v) is 17.1. The van der Waals surface area contributed by atoms with Gasteiger partial charge in [-0.05, 0) is 65.7 Å². The topological polar surface area (TPSA) is 20.2 Å². The maximum atomic E-state index is 2.64. The predicted octanol–water partition coefficient (Wildman–Crippen LogP) is 9.18. The minimum absolute atomic E-state index is 0.0249. The first-order valence-electron chi connectivity index (χ1n) is 17.1. The first-order chi connectivity index (χ1) is 24.3. The van der Waals surface area contributed by atoms with Crippen molar-refractivity contribution in [2.45, 2.75) is 11.7 Å². The van der Waals surface area contributed by atoms with Crippen LogP contribution >= 0.6 is 0 Å². The lowest BCUT2D eigenvalue weighted by Crippen LogP contribution is -2.70. The van der Waals surface area contributed by atoms with E-state index < -0.39 is 5.54 Å². The van der Waals surface area contributed by atoms with Crippen LogP contribution in [0.2, 0.25) is 0 Å². The van der Waals surface area contributed by atoms with E-state index in [9.17, 15) is 0 Å². The number of hydrogen-bond acceptors (Lipinski definition) is 2. The van der Waals surface area contributed by atoms with Crippen molar-refractivity contribution in [2.24, 2.45) is 0 Å². The summed E-state index contributed by atoms with van der Waals surface area (Å²) in [5, 5.41) is 5.24. The molecular weight excluding hydrogens is 599 g/mol. The highest BCUT2D eigenvalue weighted by molar-refractivity contribution is 6.23. The normalized spacial score (nSPS) is 18.9. The molecule has 13 rings (SSSR count). The summed E-state index contributed by atoms with van der Waals surface area (Å²) in [7, 11) is 2.31. The van der Waals surface area contributed by atoms with Crippen LogP contribution in [0.5, 0.6) is 0 Å². The molecule has 1 spiro atoms. The van der Waals surface area contributed by atoms with Crippen LogP contribution < -0.4 is 14.4 Å². The fraction of sp³-hybridized carbons (Fsp3) is 0.0682. The summed E-state index contributed by atoms with van der Waals surface area (Å²) in [5.41, 5.74) is 14.9. The fourth-order valence-electron chi connectivity index (χ4n) is 10.4. The zero-order valence-corrected chi connectivity index (χ0v) is 26.7. The van der Waals surface area contributed by atoms with Gasteiger partial charge in [-0.15, -0.1) is 0 Å². The van der Waals surface area contributed by atoms with E-state index in [0.29, 0.717) is 0 Å². The van der Waals surface area contributed by atoms with Crippen molar-refractivity contribution in [3.63, 3.8) is 0 Å². The van der Waals surface area contributed by atoms with Crippen molar-refractivity contribution in [1.82, 2.24) is 9.13 Å². The smallest absolute Gasteiger partial charge is 0.288 e. The van der Waals surface area contributed by atoms with E-state index in [0.717, 1.165) is 0 Å². The van der Waals surface area contributed by atoms with E-state index in [1.165, 1.54) is 94.4 Å². The molecule has 5 nitrogen and oxygen atoms in total. The van der Waals surface area contributed by atoms with Crippen molar-refractivity contribution < 1.29 is 4.57 Å². The van der Waals surface area contributed by atoms with E-state index in [2.05, 4.69) is 176 Å². The number of hydrogen-bond donors (Lipinski definition) is 0. The molecule has 0 amide bonds. The molecule has 0 radical (unpaired) electrons. The Morgan fingerprint density at radius 1 is 0.510 bits per heavy atom. The van der Waals surface area contributed by atoms with Crippen molar-refractivity contribution in [3.8, 4) is 22.6 Å². The maximum Gasteiger partial charge on any atom is 0.288 e. The molecule has 0 N–H and O–H groups in total. The Balaban J connectivity index is 1.27. The zero-order chi connectivity index (χ0) is 31.7. The van der Waals surface area contributed by atoms with Gasteiger partial charge in [-0.2, -0.15) is 4.57 Å². The van der Waals surface area contributed by atoms with Gasteiger partial charge in [-0.3, -0.25) is 0 Å². The molecule has 228 valence electrons. The van der Waals surface area contributed by atoms with Gasteiger partial charge in [-0.1, -0.05) is 78.9 Å². The van der Waals surface area contributed by atoms with Crippen molar-refractivity contribution in [2.75, 3.05) is 16.8 Å². The minimum Gasteiger partial charge on any atom is -0.348 e. The van der Waals surface area contributed by atoms with Crippen LogP contribution in [-0.2, 0) is 5.54 Å². The lowest BCUT2D eigenvalue weighted by atomic mass is 9.75. The Hall–Kier alpha value is -6.33. The Labute approximate surface area is 281 Å². The van der Waals surface area contributed by atoms with Crippen LogP contribution in [0.3, 0.4) is 0 Å². The molecule has 3 aromatic heterocycles. The van der Waals surface area contributed by atoms with Crippen LogP contribution in [0.1, 0.15) is 11.1 Å². The molecule has 9 aromatic rings. The lowest BCUT2D eigenvalue weighted by Gasteiger charge is -2.43. The van der Waals surface area contributed by atoms with Crippen LogP contribution in [0, 0.1) is 0 Å². The molecule has 6 aromatic carbocycles. The molecular formula is C44H28N5+. The molecule has 2 unspecified atom stereocenters. The molecule has 0 bridgehead atoms. The van der Waals surface area contributed by atoms with Crippen molar-refractivity contribution >= 4 is 60.7 Å². The molecule has 7 heterocycles. The summed E-state index contributed by atoms with van der Waals surface area (Å²) < 4.78 is 7.74. The molecule has 0 saturated heterocycles. The number of benzene rings is 6. The highest BCUT2D eigenvalue weighted by atomic mass is 15.5. The van der Waals surface area contributed by atoms with Gasteiger partial charge < -0.3 is 14.4 Å². The standard InChI is InChI=1S/C44H28N5/c1-45-37-24-27(26-12-3-2-4-13-26)21-22-34(37)48-36-19-11-18-35-39(36)44(43(45)48)40-41-30(28-14-5-7-16-32(28)47(35)41)25-31-29-15-6-8-17-33(29)49(42(31)40)38-20-9-10-23-46(38)44/h2-25,43H,1H3/q+1. The number of anilines is 3. The maximum absolute atomic E-state index is 2.64. The zero-order valence-electron chi connectivity index (χ0n) is 26.7. The van der Waals surface area contributed by atoms with Gasteiger partial charge in [0, 0.05) is 34.7 Å². The average molecular weight is 627 g/mol. The third-order valence-corrected chi connectivity index (χ3v) is 12.0. The van der Waals surface area contributed by atoms with Gasteiger partial charge in [0.05, 0.1) is 51.1 Å². The second-order valence-electron chi connectivity index (χ2n) is 14.0. The summed E-state index contributed by atoms with van der Waals surface area (Å²) >= 11 is 0. The van der Waals surface area contributed by atoms with E-state index in [1.807, 2.05) is 0 Å². The van der Waals surface area contributed by atoms with Gasteiger partial charge in [0.1, 0.15) is 5.52 Å². The van der Waals surface area contributed by atoms with E-state index in [1.54, 1.807) is 0 Å². The molecule has 5 heteroatoms. The third-order valence-electron chi connectivity index (χ3n) is 12.0. The largest absolute Gasteiger partial charge is 0.348 e.